The summed E-state index contributed by atoms with van der Waals surface area (Å²) in [5.74, 6) is 0.833. The van der Waals surface area contributed by atoms with Gasteiger partial charge in [0.2, 0.25) is 5.91 Å². The van der Waals surface area contributed by atoms with Gasteiger partial charge in [0, 0.05) is 24.8 Å². The van der Waals surface area contributed by atoms with Crippen LogP contribution < -0.4 is 20.7 Å². The van der Waals surface area contributed by atoms with E-state index in [1.54, 1.807) is 31.3 Å². The highest BCUT2D eigenvalue weighted by molar-refractivity contribution is 5.93. The van der Waals surface area contributed by atoms with Crippen molar-refractivity contribution in [3.05, 3.63) is 53.6 Å². The summed E-state index contributed by atoms with van der Waals surface area (Å²) in [5, 5.41) is 7.99. The molecule has 2 aromatic rings. The zero-order valence-corrected chi connectivity index (χ0v) is 13.4. The van der Waals surface area contributed by atoms with Crippen molar-refractivity contribution in [3.8, 4) is 5.75 Å². The summed E-state index contributed by atoms with van der Waals surface area (Å²) >= 11 is 0. The minimum atomic E-state index is -0.285. The first-order valence-corrected chi connectivity index (χ1v) is 7.77. The van der Waals surface area contributed by atoms with Gasteiger partial charge >= 0.3 is 6.03 Å². The van der Waals surface area contributed by atoms with Crippen molar-refractivity contribution in [3.63, 3.8) is 0 Å². The molecule has 1 aliphatic heterocycles. The lowest BCUT2D eigenvalue weighted by Gasteiger charge is -2.08. The Morgan fingerprint density at radius 1 is 1.04 bits per heavy atom. The fourth-order valence-electron chi connectivity index (χ4n) is 2.57. The lowest BCUT2D eigenvalue weighted by atomic mass is 10.1. The second-order valence-corrected chi connectivity index (χ2v) is 5.55. The number of ether oxygens (including phenoxy) is 1. The molecule has 6 nitrogen and oxygen atoms in total. The fraction of sp³-hybridized carbons (Fsp3) is 0.222. The summed E-state index contributed by atoms with van der Waals surface area (Å²) in [7, 11) is 1.55. The minimum Gasteiger partial charge on any atom is -0.493 e. The topological polar surface area (TPSA) is 79.5 Å². The predicted molar refractivity (Wildman–Crippen MR) is 92.5 cm³/mol. The molecule has 3 rings (SSSR count). The molecule has 0 saturated heterocycles. The second kappa shape index (κ2) is 7.04. The van der Waals surface area contributed by atoms with Crippen LogP contribution in [-0.2, 0) is 17.6 Å². The molecule has 3 amide bonds. The molecule has 6 heteroatoms. The number of hydrogen-bond donors (Lipinski definition) is 3. The predicted octanol–water partition coefficient (Wildman–Crippen LogP) is 2.55. The van der Waals surface area contributed by atoms with Crippen molar-refractivity contribution in [1.29, 1.82) is 0 Å². The Hall–Kier alpha value is -3.02. The molecule has 3 N–H and O–H groups in total. The maximum absolute atomic E-state index is 12.2. The van der Waals surface area contributed by atoms with Crippen LogP contribution in [0.15, 0.2) is 42.5 Å². The van der Waals surface area contributed by atoms with Gasteiger partial charge in [-0.3, -0.25) is 4.79 Å². The van der Waals surface area contributed by atoms with Crippen LogP contribution in [0, 0.1) is 0 Å². The van der Waals surface area contributed by atoms with Crippen LogP contribution in [0.1, 0.15) is 11.1 Å². The molecular weight excluding hydrogens is 306 g/mol. The van der Waals surface area contributed by atoms with Gasteiger partial charge in [-0.2, -0.15) is 0 Å². The summed E-state index contributed by atoms with van der Waals surface area (Å²) in [6.45, 7) is 0.710. The monoisotopic (exact) mass is 325 g/mol. The molecule has 0 spiro atoms. The molecule has 2 aromatic carbocycles. The summed E-state index contributed by atoms with van der Waals surface area (Å²) < 4.78 is 5.47. The van der Waals surface area contributed by atoms with Crippen LogP contribution in [0.3, 0.4) is 0 Å². The molecule has 0 saturated carbocycles. The van der Waals surface area contributed by atoms with Crippen LogP contribution in [0.4, 0.5) is 16.2 Å². The number of anilines is 2. The Kier molecular flexibility index (Phi) is 4.65. The van der Waals surface area contributed by atoms with Gasteiger partial charge in [-0.1, -0.05) is 12.1 Å². The van der Waals surface area contributed by atoms with Gasteiger partial charge in [0.25, 0.3) is 0 Å². The normalized spacial score (nSPS) is 12.0. The Morgan fingerprint density at radius 3 is 2.46 bits per heavy atom. The molecule has 0 bridgehead atoms. The van der Waals surface area contributed by atoms with Crippen molar-refractivity contribution in [2.75, 3.05) is 24.3 Å². The Bertz CT molecular complexity index is 757. The Labute approximate surface area is 140 Å². The van der Waals surface area contributed by atoms with E-state index in [1.807, 2.05) is 18.2 Å². The van der Waals surface area contributed by atoms with Gasteiger partial charge in [0.1, 0.15) is 5.75 Å². The number of amides is 3. The van der Waals surface area contributed by atoms with Gasteiger partial charge in [0.05, 0.1) is 13.0 Å². The van der Waals surface area contributed by atoms with Gasteiger partial charge in [-0.15, -0.1) is 0 Å². The van der Waals surface area contributed by atoms with E-state index in [0.29, 0.717) is 24.4 Å². The van der Waals surface area contributed by atoms with E-state index in [-0.39, 0.29) is 11.9 Å². The lowest BCUT2D eigenvalue weighted by molar-refractivity contribution is -0.115. The quantitative estimate of drug-likeness (QED) is 0.808. The van der Waals surface area contributed by atoms with E-state index < -0.39 is 0 Å². The number of benzene rings is 2. The Balaban J connectivity index is 1.57. The van der Waals surface area contributed by atoms with Gasteiger partial charge in [0.15, 0.2) is 0 Å². The van der Waals surface area contributed by atoms with Crippen LogP contribution in [-0.4, -0.2) is 25.6 Å². The van der Waals surface area contributed by atoms with E-state index in [2.05, 4.69) is 16.0 Å². The lowest BCUT2D eigenvalue weighted by Crippen LogP contribution is -2.24. The number of fused-ring (bicyclic) bond motifs is 1. The summed E-state index contributed by atoms with van der Waals surface area (Å²) in [4.78, 5) is 23.4. The number of carbonyl (C=O) groups is 2. The van der Waals surface area contributed by atoms with Crippen molar-refractivity contribution < 1.29 is 14.3 Å². The van der Waals surface area contributed by atoms with Crippen molar-refractivity contribution in [2.24, 2.45) is 0 Å². The molecule has 1 heterocycles. The van der Waals surface area contributed by atoms with E-state index in [4.69, 9.17) is 4.74 Å². The van der Waals surface area contributed by atoms with E-state index >= 15 is 0 Å². The molecule has 0 atom stereocenters. The minimum absolute atomic E-state index is 0.0825. The van der Waals surface area contributed by atoms with Crippen molar-refractivity contribution in [1.82, 2.24) is 5.32 Å². The summed E-state index contributed by atoms with van der Waals surface area (Å²) in [6, 6.07) is 12.5. The van der Waals surface area contributed by atoms with Crippen LogP contribution in [0.5, 0.6) is 5.75 Å². The third-order valence-corrected chi connectivity index (χ3v) is 3.77. The third kappa shape index (κ3) is 3.84. The maximum Gasteiger partial charge on any atom is 0.318 e. The van der Waals surface area contributed by atoms with Crippen LogP contribution in [0.2, 0.25) is 0 Å². The van der Waals surface area contributed by atoms with E-state index in [1.165, 1.54) is 0 Å². The van der Waals surface area contributed by atoms with Crippen molar-refractivity contribution in [2.45, 2.75) is 12.8 Å². The number of carbonyl (C=O) groups excluding carboxylic acids is 2. The van der Waals surface area contributed by atoms with Crippen LogP contribution in [0.25, 0.3) is 0 Å². The highest BCUT2D eigenvalue weighted by Crippen LogP contribution is 2.26. The largest absolute Gasteiger partial charge is 0.493 e. The van der Waals surface area contributed by atoms with E-state index in [9.17, 15) is 9.59 Å². The first-order chi connectivity index (χ1) is 11.6. The second-order valence-electron chi connectivity index (χ2n) is 5.55. The smallest absolute Gasteiger partial charge is 0.318 e. The van der Waals surface area contributed by atoms with Gasteiger partial charge in [-0.25, -0.2) is 4.79 Å². The highest BCUT2D eigenvalue weighted by atomic mass is 16.5. The molecule has 0 aliphatic carbocycles. The van der Waals surface area contributed by atoms with Gasteiger partial charge < -0.3 is 20.7 Å². The molecule has 0 fully saturated rings. The first kappa shape index (κ1) is 15.9. The number of nitrogens with one attached hydrogen (secondary N) is 3. The zero-order chi connectivity index (χ0) is 16.9. The fourth-order valence-corrected chi connectivity index (χ4v) is 2.57. The standard InChI is InChI=1S/C18H19N3O3/c1-19-18(23)21-15-5-3-14(4-6-15)20-17(22)11-12-2-7-16-13(10-12)8-9-24-16/h2-7,10H,8-9,11H2,1H3,(H,20,22)(H2,19,21,23). The Morgan fingerprint density at radius 2 is 1.75 bits per heavy atom. The highest BCUT2D eigenvalue weighted by Gasteiger charge is 2.13. The first-order valence-electron chi connectivity index (χ1n) is 7.77. The molecule has 0 unspecified atom stereocenters. The van der Waals surface area contributed by atoms with Crippen LogP contribution >= 0.6 is 0 Å². The summed E-state index contributed by atoms with van der Waals surface area (Å²) in [5.41, 5.74) is 3.47. The van der Waals surface area contributed by atoms with E-state index in [0.717, 1.165) is 23.3 Å². The zero-order valence-electron chi connectivity index (χ0n) is 13.4. The molecule has 0 aromatic heterocycles. The number of urea groups is 1. The molecule has 124 valence electrons. The molecule has 24 heavy (non-hydrogen) atoms. The van der Waals surface area contributed by atoms with Crippen molar-refractivity contribution >= 4 is 23.3 Å². The average molecular weight is 325 g/mol. The molecule has 0 radical (unpaired) electrons. The maximum atomic E-state index is 12.2. The average Bonchev–Trinajstić information content (AvgIpc) is 3.04. The number of hydrogen-bond acceptors (Lipinski definition) is 3. The third-order valence-electron chi connectivity index (χ3n) is 3.77. The SMILES string of the molecule is CNC(=O)Nc1ccc(NC(=O)Cc2ccc3c(c2)CCO3)cc1. The molecule has 1 aliphatic rings. The number of rotatable bonds is 4. The molecular formula is C18H19N3O3. The van der Waals surface area contributed by atoms with Gasteiger partial charge in [-0.05, 0) is 41.5 Å². The summed E-state index contributed by atoms with van der Waals surface area (Å²) in [6.07, 6.45) is 1.20.